The molecular formula is C17H24O2. The van der Waals surface area contributed by atoms with Crippen molar-refractivity contribution < 1.29 is 9.53 Å². The molecule has 0 bridgehead atoms. The number of hydrogen-bond donors (Lipinski definition) is 0. The molecule has 2 rings (SSSR count). The Morgan fingerprint density at radius 2 is 1.79 bits per heavy atom. The Labute approximate surface area is 116 Å². The van der Waals surface area contributed by atoms with Crippen LogP contribution < -0.4 is 4.74 Å². The van der Waals surface area contributed by atoms with Crippen LogP contribution in [0.2, 0.25) is 0 Å². The van der Waals surface area contributed by atoms with Gasteiger partial charge in [-0.3, -0.25) is 4.79 Å². The van der Waals surface area contributed by atoms with Gasteiger partial charge in [0.25, 0.3) is 0 Å². The molecule has 1 aliphatic rings. The van der Waals surface area contributed by atoms with Crippen molar-refractivity contribution in [3.05, 3.63) is 29.3 Å². The van der Waals surface area contributed by atoms with Gasteiger partial charge in [0, 0.05) is 0 Å². The topological polar surface area (TPSA) is 26.3 Å². The number of carbonyl (C=O) groups excluding carboxylic acids is 1. The third-order valence-electron chi connectivity index (χ3n) is 3.95. The van der Waals surface area contributed by atoms with Gasteiger partial charge in [0.1, 0.15) is 5.75 Å². The molecule has 0 spiro atoms. The third kappa shape index (κ3) is 3.59. The standard InChI is InChI=1S/C17H24O2/c1-11-5-6-16(14(4)18)17(10-11)19-15-8-12(2)7-13(3)9-15/h5-6,10,12-13,15H,7-9H2,1-4H3. The fourth-order valence-corrected chi connectivity index (χ4v) is 3.17. The summed E-state index contributed by atoms with van der Waals surface area (Å²) in [6.07, 6.45) is 3.72. The molecule has 19 heavy (non-hydrogen) atoms. The average Bonchev–Trinajstić information content (AvgIpc) is 2.26. The number of benzene rings is 1. The quantitative estimate of drug-likeness (QED) is 0.753. The normalized spacial score (nSPS) is 27.1. The molecule has 1 aromatic rings. The van der Waals surface area contributed by atoms with Crippen LogP contribution in [0.3, 0.4) is 0 Å². The van der Waals surface area contributed by atoms with E-state index in [2.05, 4.69) is 13.8 Å². The zero-order valence-corrected chi connectivity index (χ0v) is 12.4. The van der Waals surface area contributed by atoms with Crippen LogP contribution in [0.4, 0.5) is 0 Å². The van der Waals surface area contributed by atoms with Crippen LogP contribution in [0.5, 0.6) is 5.75 Å². The molecule has 1 fully saturated rings. The van der Waals surface area contributed by atoms with Crippen molar-refractivity contribution in [1.29, 1.82) is 0 Å². The van der Waals surface area contributed by atoms with E-state index in [9.17, 15) is 4.79 Å². The Hall–Kier alpha value is -1.31. The van der Waals surface area contributed by atoms with E-state index in [1.165, 1.54) is 6.42 Å². The average molecular weight is 260 g/mol. The number of Topliss-reactive ketones (excluding diaryl/α,β-unsaturated/α-hetero) is 1. The number of aryl methyl sites for hydroxylation is 1. The van der Waals surface area contributed by atoms with E-state index in [0.29, 0.717) is 17.4 Å². The van der Waals surface area contributed by atoms with Crippen LogP contribution in [0, 0.1) is 18.8 Å². The van der Waals surface area contributed by atoms with Crippen molar-refractivity contribution in [2.24, 2.45) is 11.8 Å². The van der Waals surface area contributed by atoms with Crippen molar-refractivity contribution in [3.63, 3.8) is 0 Å². The lowest BCUT2D eigenvalue weighted by molar-refractivity contribution is 0.0941. The third-order valence-corrected chi connectivity index (χ3v) is 3.95. The van der Waals surface area contributed by atoms with Gasteiger partial charge in [-0.15, -0.1) is 0 Å². The van der Waals surface area contributed by atoms with Crippen LogP contribution in [-0.4, -0.2) is 11.9 Å². The molecule has 0 aromatic heterocycles. The number of rotatable bonds is 3. The maximum Gasteiger partial charge on any atom is 0.163 e. The summed E-state index contributed by atoms with van der Waals surface area (Å²) in [6.45, 7) is 8.20. The molecule has 0 heterocycles. The van der Waals surface area contributed by atoms with E-state index < -0.39 is 0 Å². The van der Waals surface area contributed by atoms with Crippen molar-refractivity contribution in [2.75, 3.05) is 0 Å². The molecule has 1 aliphatic carbocycles. The minimum atomic E-state index is 0.0758. The Morgan fingerprint density at radius 1 is 1.16 bits per heavy atom. The Bertz CT molecular complexity index is 454. The molecule has 0 N–H and O–H groups in total. The first-order valence-electron chi connectivity index (χ1n) is 7.24. The fourth-order valence-electron chi connectivity index (χ4n) is 3.17. The molecule has 2 unspecified atom stereocenters. The predicted octanol–water partition coefficient (Wildman–Crippen LogP) is 4.40. The lowest BCUT2D eigenvalue weighted by Crippen LogP contribution is -2.29. The van der Waals surface area contributed by atoms with Gasteiger partial charge in [0.05, 0.1) is 11.7 Å². The molecular weight excluding hydrogens is 236 g/mol. The van der Waals surface area contributed by atoms with Crippen molar-refractivity contribution in [1.82, 2.24) is 0 Å². The smallest absolute Gasteiger partial charge is 0.163 e. The highest BCUT2D eigenvalue weighted by Gasteiger charge is 2.26. The van der Waals surface area contributed by atoms with Crippen LogP contribution >= 0.6 is 0 Å². The van der Waals surface area contributed by atoms with Gasteiger partial charge in [-0.25, -0.2) is 0 Å². The number of hydrogen-bond acceptors (Lipinski definition) is 2. The van der Waals surface area contributed by atoms with Crippen LogP contribution in [0.15, 0.2) is 18.2 Å². The monoisotopic (exact) mass is 260 g/mol. The molecule has 0 radical (unpaired) electrons. The van der Waals surface area contributed by atoms with Gasteiger partial charge < -0.3 is 4.74 Å². The van der Waals surface area contributed by atoms with E-state index in [1.54, 1.807) is 6.92 Å². The maximum absolute atomic E-state index is 11.7. The van der Waals surface area contributed by atoms with Gasteiger partial charge in [-0.1, -0.05) is 19.9 Å². The first-order chi connectivity index (χ1) is 8.95. The highest BCUT2D eigenvalue weighted by atomic mass is 16.5. The zero-order valence-electron chi connectivity index (χ0n) is 12.4. The second-order valence-electron chi connectivity index (χ2n) is 6.21. The molecule has 2 heteroatoms. The van der Waals surface area contributed by atoms with E-state index in [0.717, 1.165) is 24.2 Å². The molecule has 1 saturated carbocycles. The summed E-state index contributed by atoms with van der Waals surface area (Å²) in [6, 6.07) is 5.83. The minimum absolute atomic E-state index is 0.0758. The van der Waals surface area contributed by atoms with Gasteiger partial charge in [0.15, 0.2) is 5.78 Å². The number of ketones is 1. The highest BCUT2D eigenvalue weighted by molar-refractivity contribution is 5.96. The maximum atomic E-state index is 11.7. The minimum Gasteiger partial charge on any atom is -0.490 e. The summed E-state index contributed by atoms with van der Waals surface area (Å²) in [5, 5.41) is 0. The lowest BCUT2D eigenvalue weighted by Gasteiger charge is -2.32. The zero-order chi connectivity index (χ0) is 14.0. The Kier molecular flexibility index (Phi) is 4.28. The van der Waals surface area contributed by atoms with Gasteiger partial charge in [-0.2, -0.15) is 0 Å². The van der Waals surface area contributed by atoms with Gasteiger partial charge in [0.2, 0.25) is 0 Å². The van der Waals surface area contributed by atoms with Gasteiger partial charge in [-0.05, 0) is 62.6 Å². The van der Waals surface area contributed by atoms with Crippen LogP contribution in [0.25, 0.3) is 0 Å². The molecule has 1 aromatic carbocycles. The lowest BCUT2D eigenvalue weighted by atomic mass is 9.82. The fraction of sp³-hybridized carbons (Fsp3) is 0.588. The van der Waals surface area contributed by atoms with E-state index in [1.807, 2.05) is 25.1 Å². The van der Waals surface area contributed by atoms with Crippen molar-refractivity contribution in [2.45, 2.75) is 53.1 Å². The SMILES string of the molecule is CC(=O)c1ccc(C)cc1OC1CC(C)CC(C)C1. The summed E-state index contributed by atoms with van der Waals surface area (Å²) in [5.41, 5.74) is 1.84. The Balaban J connectivity index is 2.18. The first-order valence-corrected chi connectivity index (χ1v) is 7.24. The van der Waals surface area contributed by atoms with Crippen LogP contribution in [-0.2, 0) is 0 Å². The first kappa shape index (κ1) is 14.1. The van der Waals surface area contributed by atoms with Gasteiger partial charge >= 0.3 is 0 Å². The van der Waals surface area contributed by atoms with E-state index in [-0.39, 0.29) is 11.9 Å². The Morgan fingerprint density at radius 3 is 2.37 bits per heavy atom. The van der Waals surface area contributed by atoms with Crippen molar-refractivity contribution >= 4 is 5.78 Å². The van der Waals surface area contributed by atoms with Crippen LogP contribution in [0.1, 0.15) is 56.0 Å². The van der Waals surface area contributed by atoms with E-state index >= 15 is 0 Å². The number of ether oxygens (including phenoxy) is 1. The second kappa shape index (κ2) is 5.77. The van der Waals surface area contributed by atoms with E-state index in [4.69, 9.17) is 4.74 Å². The van der Waals surface area contributed by atoms with Crippen molar-refractivity contribution in [3.8, 4) is 5.75 Å². The summed E-state index contributed by atoms with van der Waals surface area (Å²) >= 11 is 0. The summed E-state index contributed by atoms with van der Waals surface area (Å²) in [4.78, 5) is 11.7. The summed E-state index contributed by atoms with van der Waals surface area (Å²) in [5.74, 6) is 2.25. The highest BCUT2D eigenvalue weighted by Crippen LogP contribution is 2.32. The largest absolute Gasteiger partial charge is 0.490 e. The predicted molar refractivity (Wildman–Crippen MR) is 77.8 cm³/mol. The summed E-state index contributed by atoms with van der Waals surface area (Å²) in [7, 11) is 0. The molecule has 0 amide bonds. The molecule has 0 aliphatic heterocycles. The second-order valence-corrected chi connectivity index (χ2v) is 6.21. The molecule has 2 atom stereocenters. The molecule has 2 nitrogen and oxygen atoms in total. The molecule has 104 valence electrons. The molecule has 0 saturated heterocycles. The summed E-state index contributed by atoms with van der Waals surface area (Å²) < 4.78 is 6.15. The number of carbonyl (C=O) groups is 1.